The Morgan fingerprint density at radius 1 is 1.56 bits per heavy atom. The third kappa shape index (κ3) is 1.33. The molecule has 2 aliphatic heterocycles. The van der Waals surface area contributed by atoms with Gasteiger partial charge in [-0.2, -0.15) is 0 Å². The molecule has 0 aromatic rings. The first kappa shape index (κ1) is 11.6. The fourth-order valence-corrected chi connectivity index (χ4v) is 4.13. The summed E-state index contributed by atoms with van der Waals surface area (Å²) >= 11 is 0. The van der Waals surface area contributed by atoms with Gasteiger partial charge in [-0.15, -0.1) is 0 Å². The van der Waals surface area contributed by atoms with Crippen LogP contribution in [0.4, 0.5) is 0 Å². The fraction of sp³-hybridized carbons (Fsp3) is 0.692. The Labute approximate surface area is 106 Å². The van der Waals surface area contributed by atoms with Crippen LogP contribution in [0.1, 0.15) is 25.7 Å². The first-order valence-electron chi connectivity index (χ1n) is 6.57. The van der Waals surface area contributed by atoms with Gasteiger partial charge in [-0.3, -0.25) is 9.59 Å². The zero-order valence-corrected chi connectivity index (χ0v) is 10.4. The summed E-state index contributed by atoms with van der Waals surface area (Å²) < 4.78 is 0. The van der Waals surface area contributed by atoms with Crippen molar-refractivity contribution in [2.45, 2.75) is 37.8 Å². The number of carbonyl (C=O) groups is 2. The fourth-order valence-electron chi connectivity index (χ4n) is 4.13. The Morgan fingerprint density at radius 2 is 2.33 bits per heavy atom. The number of nitrogens with one attached hydrogen (secondary N) is 1. The van der Waals surface area contributed by atoms with E-state index in [1.165, 1.54) is 0 Å². The first-order chi connectivity index (χ1) is 8.58. The van der Waals surface area contributed by atoms with Crippen molar-refractivity contribution in [2.75, 3.05) is 6.54 Å². The van der Waals surface area contributed by atoms with Gasteiger partial charge in [-0.1, -0.05) is 13.0 Å². The molecule has 4 atom stereocenters. The summed E-state index contributed by atoms with van der Waals surface area (Å²) in [6.07, 6.45) is 5.47. The van der Waals surface area contributed by atoms with Crippen LogP contribution in [0.25, 0.3) is 0 Å². The van der Waals surface area contributed by atoms with E-state index in [1.54, 1.807) is 6.20 Å². The van der Waals surface area contributed by atoms with Gasteiger partial charge in [-0.05, 0) is 31.4 Å². The van der Waals surface area contributed by atoms with Crippen LogP contribution in [0.3, 0.4) is 0 Å². The molecule has 98 valence electrons. The molecule has 3 fully saturated rings. The Balaban J connectivity index is 1.94. The lowest BCUT2D eigenvalue weighted by Gasteiger charge is -2.26. The molecule has 1 aliphatic carbocycles. The summed E-state index contributed by atoms with van der Waals surface area (Å²) in [5.74, 6) is 0.102. The zero-order valence-electron chi connectivity index (χ0n) is 10.4. The maximum Gasteiger partial charge on any atom is 0.240 e. The van der Waals surface area contributed by atoms with Gasteiger partial charge in [0.15, 0.2) is 0 Å². The predicted octanol–water partition coefficient (Wildman–Crippen LogP) is -0.0256. The van der Waals surface area contributed by atoms with E-state index < -0.39 is 5.41 Å². The number of carbonyl (C=O) groups excluding carboxylic acids is 2. The summed E-state index contributed by atoms with van der Waals surface area (Å²) in [4.78, 5) is 25.7. The molecule has 3 rings (SSSR count). The van der Waals surface area contributed by atoms with Crippen LogP contribution in [0.2, 0.25) is 0 Å². The third-order valence-corrected chi connectivity index (χ3v) is 4.98. The van der Waals surface area contributed by atoms with E-state index in [4.69, 9.17) is 5.73 Å². The van der Waals surface area contributed by atoms with E-state index in [2.05, 4.69) is 11.9 Å². The first-order valence-corrected chi connectivity index (χ1v) is 6.57. The van der Waals surface area contributed by atoms with Crippen molar-refractivity contribution in [2.24, 2.45) is 17.1 Å². The molecule has 2 heterocycles. The molecule has 3 N–H and O–H groups in total. The summed E-state index contributed by atoms with van der Waals surface area (Å²) in [5.41, 5.74) is 5.02. The number of nitrogens with two attached hydrogens (primary N) is 1. The molecular weight excluding hydrogens is 230 g/mol. The number of likely N-dealkylation sites (tertiary alicyclic amines) is 1. The topological polar surface area (TPSA) is 75.4 Å². The Bertz CT molecular complexity index is 422. The lowest BCUT2D eigenvalue weighted by Crippen LogP contribution is -2.37. The second-order valence-electron chi connectivity index (χ2n) is 5.75. The quantitative estimate of drug-likeness (QED) is 0.722. The number of primary amides is 1. The lowest BCUT2D eigenvalue weighted by atomic mass is 9.74. The van der Waals surface area contributed by atoms with E-state index in [0.717, 1.165) is 19.3 Å². The van der Waals surface area contributed by atoms with Gasteiger partial charge >= 0.3 is 0 Å². The van der Waals surface area contributed by atoms with Crippen LogP contribution < -0.4 is 11.1 Å². The molecule has 5 nitrogen and oxygen atoms in total. The van der Waals surface area contributed by atoms with Crippen LogP contribution in [-0.2, 0) is 9.59 Å². The van der Waals surface area contributed by atoms with Crippen LogP contribution in [0.5, 0.6) is 0 Å². The van der Waals surface area contributed by atoms with Gasteiger partial charge in [0.05, 0.1) is 5.41 Å². The molecule has 2 amide bonds. The SMILES string of the molecule is C=CN1CC2(CC1C(N)=O)C(=O)NC1CCCC12. The van der Waals surface area contributed by atoms with E-state index in [-0.39, 0.29) is 17.9 Å². The van der Waals surface area contributed by atoms with Crippen molar-refractivity contribution in [1.29, 1.82) is 0 Å². The van der Waals surface area contributed by atoms with Crippen LogP contribution >= 0.6 is 0 Å². The number of nitrogens with zero attached hydrogens (tertiary/aromatic N) is 1. The highest BCUT2D eigenvalue weighted by molar-refractivity contribution is 5.89. The molecule has 2 saturated heterocycles. The smallest absolute Gasteiger partial charge is 0.240 e. The minimum atomic E-state index is -0.422. The largest absolute Gasteiger partial charge is 0.368 e. The number of fused-ring (bicyclic) bond motifs is 2. The zero-order chi connectivity index (χ0) is 12.9. The summed E-state index contributed by atoms with van der Waals surface area (Å²) in [6.45, 7) is 4.31. The van der Waals surface area contributed by atoms with E-state index in [9.17, 15) is 9.59 Å². The van der Waals surface area contributed by atoms with Crippen LogP contribution in [0.15, 0.2) is 12.8 Å². The number of rotatable bonds is 2. The summed E-state index contributed by atoms with van der Waals surface area (Å²) in [7, 11) is 0. The molecular formula is C13H19N3O2. The third-order valence-electron chi connectivity index (χ3n) is 4.98. The van der Waals surface area contributed by atoms with Crippen molar-refractivity contribution in [3.63, 3.8) is 0 Å². The van der Waals surface area contributed by atoms with Crippen molar-refractivity contribution in [3.05, 3.63) is 12.8 Å². The molecule has 0 bridgehead atoms. The Kier molecular flexibility index (Phi) is 2.40. The van der Waals surface area contributed by atoms with Crippen molar-refractivity contribution in [3.8, 4) is 0 Å². The predicted molar refractivity (Wildman–Crippen MR) is 66.2 cm³/mol. The highest BCUT2D eigenvalue weighted by Crippen LogP contribution is 2.51. The highest BCUT2D eigenvalue weighted by atomic mass is 16.2. The molecule has 0 aromatic carbocycles. The van der Waals surface area contributed by atoms with Crippen LogP contribution in [-0.4, -0.2) is 35.3 Å². The second kappa shape index (κ2) is 3.73. The van der Waals surface area contributed by atoms with Crippen molar-refractivity contribution >= 4 is 11.8 Å². The number of amides is 2. The summed E-state index contributed by atoms with van der Waals surface area (Å²) in [6, 6.07) is -0.0802. The van der Waals surface area contributed by atoms with E-state index >= 15 is 0 Å². The molecule has 0 radical (unpaired) electrons. The van der Waals surface area contributed by atoms with Gasteiger partial charge in [0.25, 0.3) is 0 Å². The second-order valence-corrected chi connectivity index (χ2v) is 5.75. The summed E-state index contributed by atoms with van der Waals surface area (Å²) in [5, 5.41) is 3.10. The minimum Gasteiger partial charge on any atom is -0.368 e. The molecule has 18 heavy (non-hydrogen) atoms. The lowest BCUT2D eigenvalue weighted by molar-refractivity contribution is -0.128. The molecule has 4 unspecified atom stereocenters. The molecule has 1 spiro atoms. The highest BCUT2D eigenvalue weighted by Gasteiger charge is 2.61. The van der Waals surface area contributed by atoms with Crippen molar-refractivity contribution in [1.82, 2.24) is 10.2 Å². The van der Waals surface area contributed by atoms with Gasteiger partial charge in [0.1, 0.15) is 6.04 Å². The average Bonchev–Trinajstić information content (AvgIpc) is 2.97. The standard InChI is InChI=1S/C13H19N3O2/c1-2-16-7-13(6-10(16)11(14)17)8-4-3-5-9(8)15-12(13)18/h2,8-10H,1,3-7H2,(H2,14,17)(H,15,18). The maximum absolute atomic E-state index is 12.3. The number of hydrogen-bond donors (Lipinski definition) is 2. The van der Waals surface area contributed by atoms with E-state index in [0.29, 0.717) is 24.9 Å². The van der Waals surface area contributed by atoms with Crippen molar-refractivity contribution < 1.29 is 9.59 Å². The van der Waals surface area contributed by atoms with Gasteiger partial charge < -0.3 is 16.0 Å². The Hall–Kier alpha value is -1.52. The average molecular weight is 249 g/mol. The molecule has 3 aliphatic rings. The van der Waals surface area contributed by atoms with Gasteiger partial charge in [0.2, 0.25) is 11.8 Å². The van der Waals surface area contributed by atoms with Gasteiger partial charge in [0, 0.05) is 12.6 Å². The molecule has 5 heteroatoms. The normalized spacial score (nSPS) is 42.1. The molecule has 1 saturated carbocycles. The minimum absolute atomic E-state index is 0.104. The van der Waals surface area contributed by atoms with Gasteiger partial charge in [-0.25, -0.2) is 0 Å². The molecule has 0 aromatic heterocycles. The number of hydrogen-bond acceptors (Lipinski definition) is 3. The van der Waals surface area contributed by atoms with E-state index in [1.807, 2.05) is 4.90 Å². The monoisotopic (exact) mass is 249 g/mol. The Morgan fingerprint density at radius 3 is 2.94 bits per heavy atom. The van der Waals surface area contributed by atoms with Crippen LogP contribution in [0, 0.1) is 11.3 Å². The maximum atomic E-state index is 12.3.